The molecule has 0 aliphatic heterocycles. The lowest BCUT2D eigenvalue weighted by atomic mass is 10.0. The van der Waals surface area contributed by atoms with E-state index in [-0.39, 0.29) is 11.7 Å². The van der Waals surface area contributed by atoms with E-state index in [1.54, 1.807) is 26.0 Å². The molecule has 0 aliphatic rings. The van der Waals surface area contributed by atoms with Crippen LogP contribution >= 0.6 is 0 Å². The highest BCUT2D eigenvalue weighted by atomic mass is 19.1. The lowest BCUT2D eigenvalue weighted by molar-refractivity contribution is 0.178. The zero-order chi connectivity index (χ0) is 14.6. The van der Waals surface area contributed by atoms with Gasteiger partial charge in [0.05, 0.1) is 12.2 Å². The van der Waals surface area contributed by atoms with E-state index in [1.165, 1.54) is 6.07 Å². The molecule has 1 rings (SSSR count). The van der Waals surface area contributed by atoms with Crippen LogP contribution in [0.2, 0.25) is 0 Å². The van der Waals surface area contributed by atoms with Crippen molar-refractivity contribution in [3.8, 4) is 0 Å². The Balaban J connectivity index is 3.04. The van der Waals surface area contributed by atoms with Crippen LogP contribution in [0, 0.1) is 5.82 Å². The molecule has 0 saturated heterocycles. The van der Waals surface area contributed by atoms with Crippen LogP contribution in [0.1, 0.15) is 39.2 Å². The summed E-state index contributed by atoms with van der Waals surface area (Å²) in [6.45, 7) is 8.09. The molecule has 2 N–H and O–H groups in total. The monoisotopic (exact) mass is 269 g/mol. The average Bonchev–Trinajstić information content (AvgIpc) is 2.27. The van der Waals surface area contributed by atoms with Crippen molar-refractivity contribution in [2.75, 3.05) is 18.0 Å². The molecule has 0 fully saturated rings. The Labute approximate surface area is 114 Å². The lowest BCUT2D eigenvalue weighted by Gasteiger charge is -2.28. The molecule has 1 aromatic rings. The molecule has 0 saturated carbocycles. The maximum absolute atomic E-state index is 13.7. The van der Waals surface area contributed by atoms with Gasteiger partial charge in [-0.1, -0.05) is 13.8 Å². The molecule has 0 aromatic heterocycles. The molecule has 4 heteroatoms. The second-order valence-corrected chi connectivity index (χ2v) is 5.46. The van der Waals surface area contributed by atoms with Gasteiger partial charge in [-0.25, -0.2) is 4.39 Å². The normalized spacial score (nSPS) is 14.5. The SMILES string of the molecule is CC(O)CN(CC(C)O)c1ccc(F)c(C(C)C)c1. The number of rotatable bonds is 6. The molecule has 3 nitrogen and oxygen atoms in total. The maximum Gasteiger partial charge on any atom is 0.126 e. The second-order valence-electron chi connectivity index (χ2n) is 5.46. The third-order valence-corrected chi connectivity index (χ3v) is 2.94. The first-order valence-electron chi connectivity index (χ1n) is 6.71. The number of benzene rings is 1. The van der Waals surface area contributed by atoms with Crippen molar-refractivity contribution in [2.24, 2.45) is 0 Å². The van der Waals surface area contributed by atoms with E-state index in [2.05, 4.69) is 0 Å². The molecule has 0 spiro atoms. The molecule has 0 amide bonds. The summed E-state index contributed by atoms with van der Waals surface area (Å²) in [5.74, 6) is -0.118. The Bertz CT molecular complexity index is 395. The van der Waals surface area contributed by atoms with Gasteiger partial charge in [-0.05, 0) is 43.5 Å². The van der Waals surface area contributed by atoms with E-state index in [0.717, 1.165) is 5.69 Å². The van der Waals surface area contributed by atoms with Crippen LogP contribution in [0.25, 0.3) is 0 Å². The largest absolute Gasteiger partial charge is 0.392 e. The van der Waals surface area contributed by atoms with Crippen LogP contribution in [-0.2, 0) is 0 Å². The van der Waals surface area contributed by atoms with E-state index in [0.29, 0.717) is 18.7 Å². The van der Waals surface area contributed by atoms with E-state index in [1.807, 2.05) is 18.7 Å². The van der Waals surface area contributed by atoms with Gasteiger partial charge in [0, 0.05) is 18.8 Å². The number of hydrogen-bond donors (Lipinski definition) is 2. The summed E-state index contributed by atoms with van der Waals surface area (Å²) >= 11 is 0. The van der Waals surface area contributed by atoms with E-state index < -0.39 is 12.2 Å². The second kappa shape index (κ2) is 6.87. The fraction of sp³-hybridized carbons (Fsp3) is 0.600. The quantitative estimate of drug-likeness (QED) is 0.834. The van der Waals surface area contributed by atoms with Gasteiger partial charge in [0.1, 0.15) is 5.82 Å². The summed E-state index contributed by atoms with van der Waals surface area (Å²) in [5.41, 5.74) is 1.48. The van der Waals surface area contributed by atoms with Gasteiger partial charge in [-0.2, -0.15) is 0 Å². The Morgan fingerprint density at radius 3 is 2.00 bits per heavy atom. The van der Waals surface area contributed by atoms with Crippen LogP contribution < -0.4 is 4.90 Å². The minimum absolute atomic E-state index is 0.0971. The molecule has 108 valence electrons. The van der Waals surface area contributed by atoms with Gasteiger partial charge in [-0.3, -0.25) is 0 Å². The molecule has 2 atom stereocenters. The molecule has 0 heterocycles. The summed E-state index contributed by atoms with van der Waals surface area (Å²) in [5, 5.41) is 19.1. The van der Waals surface area contributed by atoms with E-state index in [9.17, 15) is 14.6 Å². The molecule has 1 aromatic carbocycles. The minimum atomic E-state index is -0.508. The van der Waals surface area contributed by atoms with Crippen LogP contribution in [0.3, 0.4) is 0 Å². The molecule has 2 unspecified atom stereocenters. The Kier molecular flexibility index (Phi) is 5.76. The Morgan fingerprint density at radius 1 is 1.05 bits per heavy atom. The van der Waals surface area contributed by atoms with Crippen molar-refractivity contribution in [1.82, 2.24) is 0 Å². The predicted octanol–water partition coefficient (Wildman–Crippen LogP) is 2.52. The van der Waals surface area contributed by atoms with Gasteiger partial charge >= 0.3 is 0 Å². The van der Waals surface area contributed by atoms with Crippen LogP contribution in [0.5, 0.6) is 0 Å². The fourth-order valence-electron chi connectivity index (χ4n) is 2.09. The van der Waals surface area contributed by atoms with Crippen molar-refractivity contribution >= 4 is 5.69 Å². The molecule has 0 aliphatic carbocycles. The van der Waals surface area contributed by atoms with Crippen molar-refractivity contribution in [3.63, 3.8) is 0 Å². The third kappa shape index (κ3) is 4.80. The van der Waals surface area contributed by atoms with E-state index >= 15 is 0 Å². The smallest absolute Gasteiger partial charge is 0.126 e. The number of halogens is 1. The molecule has 0 bridgehead atoms. The summed E-state index contributed by atoms with van der Waals surface area (Å²) in [4.78, 5) is 1.88. The minimum Gasteiger partial charge on any atom is -0.392 e. The molecular weight excluding hydrogens is 245 g/mol. The number of aliphatic hydroxyl groups is 2. The van der Waals surface area contributed by atoms with Crippen molar-refractivity contribution < 1.29 is 14.6 Å². The summed E-state index contributed by atoms with van der Waals surface area (Å²) in [6, 6.07) is 4.93. The van der Waals surface area contributed by atoms with Crippen LogP contribution in [0.15, 0.2) is 18.2 Å². The van der Waals surface area contributed by atoms with Gasteiger partial charge in [-0.15, -0.1) is 0 Å². The number of anilines is 1. The first-order chi connectivity index (χ1) is 8.81. The predicted molar refractivity (Wildman–Crippen MR) is 76.1 cm³/mol. The van der Waals surface area contributed by atoms with Crippen LogP contribution in [0.4, 0.5) is 10.1 Å². The van der Waals surface area contributed by atoms with Gasteiger partial charge in [0.2, 0.25) is 0 Å². The fourth-order valence-corrected chi connectivity index (χ4v) is 2.09. The standard InChI is InChI=1S/C15H24FNO2/c1-10(2)14-7-13(5-6-15(14)16)17(8-11(3)18)9-12(4)19/h5-7,10-12,18-19H,8-9H2,1-4H3. The van der Waals surface area contributed by atoms with Crippen molar-refractivity contribution in [2.45, 2.75) is 45.8 Å². The average molecular weight is 269 g/mol. The van der Waals surface area contributed by atoms with Crippen LogP contribution in [-0.4, -0.2) is 35.5 Å². The number of nitrogens with zero attached hydrogens (tertiary/aromatic N) is 1. The number of aliphatic hydroxyl groups excluding tert-OH is 2. The van der Waals surface area contributed by atoms with Crippen molar-refractivity contribution in [1.29, 1.82) is 0 Å². The molecular formula is C15H24FNO2. The Morgan fingerprint density at radius 2 is 1.58 bits per heavy atom. The summed E-state index contributed by atoms with van der Waals surface area (Å²) in [7, 11) is 0. The molecule has 0 radical (unpaired) electrons. The Hall–Kier alpha value is -1.13. The highest BCUT2D eigenvalue weighted by Crippen LogP contribution is 2.25. The van der Waals surface area contributed by atoms with Gasteiger partial charge in [0.25, 0.3) is 0 Å². The highest BCUT2D eigenvalue weighted by Gasteiger charge is 2.15. The van der Waals surface area contributed by atoms with Gasteiger partial charge < -0.3 is 15.1 Å². The molecule has 19 heavy (non-hydrogen) atoms. The maximum atomic E-state index is 13.7. The third-order valence-electron chi connectivity index (χ3n) is 2.94. The first kappa shape index (κ1) is 15.9. The zero-order valence-corrected chi connectivity index (χ0v) is 12.1. The summed E-state index contributed by atoms with van der Waals surface area (Å²) in [6.07, 6.45) is -1.02. The highest BCUT2D eigenvalue weighted by molar-refractivity contribution is 5.50. The lowest BCUT2D eigenvalue weighted by Crippen LogP contribution is -2.36. The topological polar surface area (TPSA) is 43.7 Å². The van der Waals surface area contributed by atoms with Gasteiger partial charge in [0.15, 0.2) is 0 Å². The summed E-state index contributed by atoms with van der Waals surface area (Å²) < 4.78 is 13.7. The van der Waals surface area contributed by atoms with Crippen molar-refractivity contribution in [3.05, 3.63) is 29.6 Å². The van der Waals surface area contributed by atoms with E-state index in [4.69, 9.17) is 0 Å². The first-order valence-corrected chi connectivity index (χ1v) is 6.71. The number of hydrogen-bond acceptors (Lipinski definition) is 3. The zero-order valence-electron chi connectivity index (χ0n) is 12.1.